The van der Waals surface area contributed by atoms with Crippen LogP contribution in [0, 0.1) is 6.92 Å². The van der Waals surface area contributed by atoms with E-state index in [-0.39, 0.29) is 0 Å². The van der Waals surface area contributed by atoms with Crippen LogP contribution in [0.15, 0.2) is 12.1 Å². The summed E-state index contributed by atoms with van der Waals surface area (Å²) in [6, 6.07) is 4.02. The zero-order chi connectivity index (χ0) is 13.7. The summed E-state index contributed by atoms with van der Waals surface area (Å²) in [6.07, 6.45) is 2.05. The molecule has 1 aromatic heterocycles. The monoisotopic (exact) mass is 279 g/mol. The molecule has 4 nitrogen and oxygen atoms in total. The zero-order valence-corrected chi connectivity index (χ0v) is 12.3. The Bertz CT molecular complexity index is 539. The molecular weight excluding hydrogens is 258 g/mol. The normalized spacial score (nSPS) is 11.1. The molecule has 0 aliphatic rings. The van der Waals surface area contributed by atoms with Crippen molar-refractivity contribution >= 4 is 32.9 Å². The molecule has 1 aromatic carbocycles. The molecule has 0 bridgehead atoms. The lowest BCUT2D eigenvalue weighted by molar-refractivity contribution is 0.134. The molecule has 2 aromatic rings. The van der Waals surface area contributed by atoms with Gasteiger partial charge in [-0.05, 0) is 31.9 Å². The number of thiazole rings is 1. The minimum absolute atomic E-state index is 0.783. The number of nitrogens with two attached hydrogens (primary N) is 1. The third-order valence-electron chi connectivity index (χ3n) is 2.80. The van der Waals surface area contributed by atoms with E-state index in [9.17, 15) is 0 Å². The SMILES string of the molecule is CCCOCCCNc1cc2nc(C)sc2cc1N. The predicted octanol–water partition coefficient (Wildman–Crippen LogP) is 3.42. The van der Waals surface area contributed by atoms with Crippen LogP contribution in [-0.2, 0) is 4.74 Å². The largest absolute Gasteiger partial charge is 0.397 e. The van der Waals surface area contributed by atoms with Gasteiger partial charge in [-0.25, -0.2) is 4.98 Å². The molecule has 19 heavy (non-hydrogen) atoms. The second-order valence-corrected chi connectivity index (χ2v) is 5.77. The number of fused-ring (bicyclic) bond motifs is 1. The number of anilines is 2. The van der Waals surface area contributed by atoms with E-state index < -0.39 is 0 Å². The number of aryl methyl sites for hydroxylation is 1. The number of nitrogens with zero attached hydrogens (tertiary/aromatic N) is 1. The third kappa shape index (κ3) is 3.81. The summed E-state index contributed by atoms with van der Waals surface area (Å²) in [5.41, 5.74) is 8.81. The van der Waals surface area contributed by atoms with Crippen LogP contribution in [0.5, 0.6) is 0 Å². The first kappa shape index (κ1) is 14.1. The van der Waals surface area contributed by atoms with Gasteiger partial charge in [0.05, 0.1) is 26.6 Å². The van der Waals surface area contributed by atoms with Gasteiger partial charge in [0, 0.05) is 19.8 Å². The van der Waals surface area contributed by atoms with Gasteiger partial charge in [-0.1, -0.05) is 6.92 Å². The minimum Gasteiger partial charge on any atom is -0.397 e. The van der Waals surface area contributed by atoms with Crippen molar-refractivity contribution in [3.05, 3.63) is 17.1 Å². The molecule has 1 heterocycles. The van der Waals surface area contributed by atoms with Crippen LogP contribution in [0.25, 0.3) is 10.2 Å². The van der Waals surface area contributed by atoms with E-state index in [2.05, 4.69) is 17.2 Å². The van der Waals surface area contributed by atoms with Crippen LogP contribution in [0.4, 0.5) is 11.4 Å². The maximum absolute atomic E-state index is 6.04. The number of aromatic nitrogens is 1. The fraction of sp³-hybridized carbons (Fsp3) is 0.500. The molecule has 3 N–H and O–H groups in total. The van der Waals surface area contributed by atoms with Crippen molar-refractivity contribution in [2.75, 3.05) is 30.8 Å². The molecule has 0 radical (unpaired) electrons. The van der Waals surface area contributed by atoms with Gasteiger partial charge in [-0.2, -0.15) is 0 Å². The minimum atomic E-state index is 0.783. The van der Waals surface area contributed by atoms with E-state index in [1.807, 2.05) is 19.1 Å². The topological polar surface area (TPSA) is 60.2 Å². The first-order valence-corrected chi connectivity index (χ1v) is 7.50. The van der Waals surface area contributed by atoms with Crippen molar-refractivity contribution in [3.8, 4) is 0 Å². The summed E-state index contributed by atoms with van der Waals surface area (Å²) in [5, 5.41) is 4.42. The molecule has 0 atom stereocenters. The summed E-state index contributed by atoms with van der Waals surface area (Å²) < 4.78 is 6.59. The van der Waals surface area contributed by atoms with Gasteiger partial charge < -0.3 is 15.8 Å². The molecule has 0 aliphatic carbocycles. The summed E-state index contributed by atoms with van der Waals surface area (Å²) in [6.45, 7) is 6.62. The summed E-state index contributed by atoms with van der Waals surface area (Å²) in [5.74, 6) is 0. The number of rotatable bonds is 7. The molecule has 0 aliphatic heterocycles. The molecule has 0 fully saturated rings. The van der Waals surface area contributed by atoms with Crippen molar-refractivity contribution < 1.29 is 4.74 Å². The van der Waals surface area contributed by atoms with Gasteiger partial charge in [-0.15, -0.1) is 11.3 Å². The highest BCUT2D eigenvalue weighted by Crippen LogP contribution is 2.29. The number of hydrogen-bond donors (Lipinski definition) is 2. The second kappa shape index (κ2) is 6.73. The van der Waals surface area contributed by atoms with Crippen LogP contribution >= 0.6 is 11.3 Å². The molecule has 0 saturated carbocycles. The van der Waals surface area contributed by atoms with Crippen molar-refractivity contribution in [1.82, 2.24) is 4.98 Å². The Kier molecular flexibility index (Phi) is 4.99. The van der Waals surface area contributed by atoms with Crippen LogP contribution in [0.3, 0.4) is 0 Å². The Morgan fingerprint density at radius 2 is 2.21 bits per heavy atom. The molecular formula is C14H21N3OS. The van der Waals surface area contributed by atoms with Crippen molar-refractivity contribution in [3.63, 3.8) is 0 Å². The van der Waals surface area contributed by atoms with E-state index in [0.717, 1.165) is 59.2 Å². The Morgan fingerprint density at radius 1 is 1.37 bits per heavy atom. The fourth-order valence-corrected chi connectivity index (χ4v) is 2.76. The highest BCUT2D eigenvalue weighted by Gasteiger charge is 2.05. The lowest BCUT2D eigenvalue weighted by atomic mass is 10.2. The Morgan fingerprint density at radius 3 is 3.00 bits per heavy atom. The van der Waals surface area contributed by atoms with E-state index in [0.29, 0.717) is 0 Å². The number of nitrogens with one attached hydrogen (secondary N) is 1. The molecule has 104 valence electrons. The fourth-order valence-electron chi connectivity index (χ4n) is 1.90. The van der Waals surface area contributed by atoms with Gasteiger partial charge in [-0.3, -0.25) is 0 Å². The predicted molar refractivity (Wildman–Crippen MR) is 83.0 cm³/mol. The zero-order valence-electron chi connectivity index (χ0n) is 11.5. The quantitative estimate of drug-likeness (QED) is 0.602. The first-order valence-electron chi connectivity index (χ1n) is 6.69. The maximum atomic E-state index is 6.04. The number of nitrogen functional groups attached to an aromatic ring is 1. The molecule has 5 heteroatoms. The first-order chi connectivity index (χ1) is 9.20. The van der Waals surface area contributed by atoms with E-state index in [1.54, 1.807) is 11.3 Å². The highest BCUT2D eigenvalue weighted by atomic mass is 32.1. The summed E-state index contributed by atoms with van der Waals surface area (Å²) in [4.78, 5) is 4.48. The van der Waals surface area contributed by atoms with Crippen LogP contribution in [-0.4, -0.2) is 24.7 Å². The van der Waals surface area contributed by atoms with E-state index >= 15 is 0 Å². The maximum Gasteiger partial charge on any atom is 0.0907 e. The molecule has 0 unspecified atom stereocenters. The average Bonchev–Trinajstić information content (AvgIpc) is 2.72. The number of hydrogen-bond acceptors (Lipinski definition) is 5. The number of ether oxygens (including phenoxy) is 1. The number of benzene rings is 1. The second-order valence-electron chi connectivity index (χ2n) is 4.53. The Balaban J connectivity index is 1.91. The third-order valence-corrected chi connectivity index (χ3v) is 3.73. The van der Waals surface area contributed by atoms with E-state index in [1.165, 1.54) is 0 Å². The van der Waals surface area contributed by atoms with Gasteiger partial charge in [0.1, 0.15) is 0 Å². The molecule has 0 amide bonds. The summed E-state index contributed by atoms with van der Waals surface area (Å²) >= 11 is 1.67. The van der Waals surface area contributed by atoms with E-state index in [4.69, 9.17) is 10.5 Å². The highest BCUT2D eigenvalue weighted by molar-refractivity contribution is 7.18. The molecule has 0 spiro atoms. The standard InChI is InChI=1S/C14H21N3OS/c1-3-6-18-7-4-5-16-12-9-13-14(8-11(12)15)19-10(2)17-13/h8-9,16H,3-7,15H2,1-2H3. The summed E-state index contributed by atoms with van der Waals surface area (Å²) in [7, 11) is 0. The smallest absolute Gasteiger partial charge is 0.0907 e. The van der Waals surface area contributed by atoms with Crippen LogP contribution in [0.2, 0.25) is 0 Å². The van der Waals surface area contributed by atoms with Crippen molar-refractivity contribution in [2.24, 2.45) is 0 Å². The van der Waals surface area contributed by atoms with Gasteiger partial charge >= 0.3 is 0 Å². The van der Waals surface area contributed by atoms with Crippen molar-refractivity contribution in [1.29, 1.82) is 0 Å². The van der Waals surface area contributed by atoms with Crippen LogP contribution in [0.1, 0.15) is 24.8 Å². The van der Waals surface area contributed by atoms with Gasteiger partial charge in [0.25, 0.3) is 0 Å². The lowest BCUT2D eigenvalue weighted by Gasteiger charge is -2.09. The molecule has 2 rings (SSSR count). The van der Waals surface area contributed by atoms with Crippen molar-refractivity contribution in [2.45, 2.75) is 26.7 Å². The Hall–Kier alpha value is -1.33. The van der Waals surface area contributed by atoms with Crippen LogP contribution < -0.4 is 11.1 Å². The van der Waals surface area contributed by atoms with Gasteiger partial charge in [0.2, 0.25) is 0 Å². The van der Waals surface area contributed by atoms with Gasteiger partial charge in [0.15, 0.2) is 0 Å². The lowest BCUT2D eigenvalue weighted by Crippen LogP contribution is -2.07. The average molecular weight is 279 g/mol. The Labute approximate surface area is 118 Å². The molecule has 0 saturated heterocycles.